The van der Waals surface area contributed by atoms with Crippen molar-refractivity contribution in [2.45, 2.75) is 117 Å². The number of nitrogens with zero attached hydrogens (tertiary/aromatic N) is 7. The van der Waals surface area contributed by atoms with E-state index in [1.54, 1.807) is 107 Å². The maximum Gasteiger partial charge on any atom is 0.410 e. The lowest BCUT2D eigenvalue weighted by atomic mass is 9.99. The highest BCUT2D eigenvalue weighted by atomic mass is 35.5. The number of nitrogens with one attached hydrogen (secondary N) is 2. The van der Waals surface area contributed by atoms with Crippen LogP contribution >= 0.6 is 59.6 Å². The van der Waals surface area contributed by atoms with E-state index in [1.807, 2.05) is 152 Å². The van der Waals surface area contributed by atoms with Crippen molar-refractivity contribution in [2.75, 3.05) is 84.7 Å². The van der Waals surface area contributed by atoms with Crippen LogP contribution in [-0.2, 0) is 33.5 Å². The first-order valence-corrected chi connectivity index (χ1v) is 39.9. The Morgan fingerprint density at radius 2 is 0.729 bits per heavy atom. The van der Waals surface area contributed by atoms with Crippen LogP contribution in [0.5, 0.6) is 34.5 Å². The molecule has 0 saturated carbocycles. The van der Waals surface area contributed by atoms with Gasteiger partial charge in [0.2, 0.25) is 17.7 Å². The van der Waals surface area contributed by atoms with Gasteiger partial charge in [-0.1, -0.05) is 91.0 Å². The van der Waals surface area contributed by atoms with E-state index in [1.165, 1.54) is 63.2 Å². The predicted molar refractivity (Wildman–Crippen MR) is 461 cm³/mol. The maximum absolute atomic E-state index is 14.3. The van der Waals surface area contributed by atoms with Gasteiger partial charge in [-0.25, -0.2) is 18.0 Å². The van der Waals surface area contributed by atoms with Gasteiger partial charge in [0, 0.05) is 93.6 Å². The molecule has 0 radical (unpaired) electrons. The molecule has 0 aromatic heterocycles. The highest BCUT2D eigenvalue weighted by molar-refractivity contribution is 6.31. The Morgan fingerprint density at radius 1 is 0.415 bits per heavy atom. The van der Waals surface area contributed by atoms with E-state index in [9.17, 15) is 46.7 Å². The third-order valence-electron chi connectivity index (χ3n) is 19.5. The molecule has 3 unspecified atom stereocenters. The average molecular weight is 1720 g/mol. The molecule has 2 N–H and O–H groups in total. The lowest BCUT2D eigenvalue weighted by Gasteiger charge is -2.42. The zero-order chi connectivity index (χ0) is 83.5. The van der Waals surface area contributed by atoms with Gasteiger partial charge in [0.15, 0.2) is 0 Å². The number of anilines is 3. The van der Waals surface area contributed by atoms with E-state index < -0.39 is 65.0 Å². The Hall–Kier alpha value is -10.4. The quantitative estimate of drug-likeness (QED) is 0.0644. The molecule has 626 valence electrons. The number of piperazine rings is 3. The number of aryl methyl sites for hydroxylation is 3. The van der Waals surface area contributed by atoms with Gasteiger partial charge in [-0.05, 0) is 230 Å². The Labute approximate surface area is 715 Å². The minimum absolute atomic E-state index is 0. The number of halogens is 8. The van der Waals surface area contributed by atoms with Crippen LogP contribution in [0.3, 0.4) is 0 Å². The number of para-hydroxylation sites is 3. The lowest BCUT2D eigenvalue weighted by molar-refractivity contribution is -0.137. The molecule has 3 aliphatic rings. The van der Waals surface area contributed by atoms with Crippen molar-refractivity contribution in [2.24, 2.45) is 0 Å². The van der Waals surface area contributed by atoms with Gasteiger partial charge in [0.05, 0.1) is 0 Å². The molecule has 9 aromatic rings. The number of hydrogen-bond acceptors (Lipinski definition) is 13. The average Bonchev–Trinajstić information content (AvgIpc) is 0.784. The van der Waals surface area contributed by atoms with E-state index in [-0.39, 0.29) is 104 Å². The van der Waals surface area contributed by atoms with Gasteiger partial charge in [-0.15, -0.1) is 59.6 Å². The van der Waals surface area contributed by atoms with Crippen molar-refractivity contribution in [1.29, 1.82) is 0 Å². The van der Waals surface area contributed by atoms with Crippen LogP contribution in [0.2, 0.25) is 0 Å². The topological polar surface area (TPSA) is 203 Å². The number of alkyl halides is 3. The second-order valence-electron chi connectivity index (χ2n) is 29.8. The molecular weight excluding hydrogens is 1620 g/mol. The van der Waals surface area contributed by atoms with Crippen LogP contribution in [-0.4, -0.2) is 161 Å². The summed E-state index contributed by atoms with van der Waals surface area (Å²) < 4.78 is 65.0. The van der Waals surface area contributed by atoms with Crippen LogP contribution in [0.1, 0.15) is 100.0 Å². The molecule has 3 heterocycles. The fraction of sp³-hybridized carbons (Fsp3) is 0.322. The fourth-order valence-electron chi connectivity index (χ4n) is 14.3. The van der Waals surface area contributed by atoms with Gasteiger partial charge in [-0.2, -0.15) is 0 Å². The molecule has 0 spiro atoms. The molecule has 28 heteroatoms. The number of benzene rings is 9. The van der Waals surface area contributed by atoms with Crippen molar-refractivity contribution >= 4 is 118 Å². The van der Waals surface area contributed by atoms with Crippen LogP contribution < -0.4 is 39.5 Å². The van der Waals surface area contributed by atoms with Gasteiger partial charge in [-0.3, -0.25) is 43.5 Å². The number of carbonyl (C=O) groups excluding carboxylic acids is 7. The number of rotatable bonds is 21. The summed E-state index contributed by atoms with van der Waals surface area (Å²) in [4.78, 5) is 106. The fourth-order valence-corrected chi connectivity index (χ4v) is 14.6. The summed E-state index contributed by atoms with van der Waals surface area (Å²) in [6.45, 7) is 22.1. The third kappa shape index (κ3) is 24.6. The van der Waals surface area contributed by atoms with Crippen molar-refractivity contribution in [3.05, 3.63) is 269 Å². The minimum atomic E-state index is -1.13. The summed E-state index contributed by atoms with van der Waals surface area (Å²) in [6.07, 6.45) is -0.449. The zero-order valence-corrected chi connectivity index (χ0v) is 71.2. The van der Waals surface area contributed by atoms with Crippen LogP contribution in [0.25, 0.3) is 0 Å². The number of hydrogen-bond donors (Lipinski definition) is 2. The molecule has 9 aromatic carbocycles. The third-order valence-corrected chi connectivity index (χ3v) is 20.2. The normalized spacial score (nSPS) is 16.5. The summed E-state index contributed by atoms with van der Waals surface area (Å²) in [6, 6.07) is 57.6. The highest BCUT2D eigenvalue weighted by Gasteiger charge is 2.43. The summed E-state index contributed by atoms with van der Waals surface area (Å²) in [7, 11) is 0. The molecule has 7 amide bonds. The van der Waals surface area contributed by atoms with Crippen molar-refractivity contribution in [3.8, 4) is 34.5 Å². The molecule has 0 aliphatic carbocycles. The summed E-state index contributed by atoms with van der Waals surface area (Å²) >= 11 is 18.2. The van der Waals surface area contributed by atoms with Crippen LogP contribution in [0.15, 0.2) is 218 Å². The van der Waals surface area contributed by atoms with Gasteiger partial charge in [0.25, 0.3) is 17.7 Å². The van der Waals surface area contributed by atoms with E-state index in [0.717, 1.165) is 11.1 Å². The first-order chi connectivity index (χ1) is 55.5. The SMILES string of the molecule is Cc1cc(Oc2ccccc2)ccc1N(C(=O)CCl)C(C(=O)N1CCN(C(=O)OC(C)(C)C)[C@H](C)C1)c1ccc(F)cc1.Cc1cc(Oc2ccccc2)ccc1N(C(=O)CCl)C(C(=O)N1CCN[C@@H](C)C1)c1ccc(F)cc1.Cc1cc(Oc2ccccc2)ccc1N(C(=O)CCl)C(C(=O)N1C[C@@H](C)N[C@@H](C)C1)c1ccc(F)cc1.Cl.Cl. The number of amides is 7. The monoisotopic (exact) mass is 1710 g/mol. The van der Waals surface area contributed by atoms with Crippen LogP contribution in [0.4, 0.5) is 35.0 Å². The molecular formula is C90H99Cl5F3N9O11. The summed E-state index contributed by atoms with van der Waals surface area (Å²) in [5, 5.41) is 6.75. The van der Waals surface area contributed by atoms with E-state index in [2.05, 4.69) is 10.6 Å². The van der Waals surface area contributed by atoms with Gasteiger partial charge in [0.1, 0.15) is 93.3 Å². The van der Waals surface area contributed by atoms with Crippen LogP contribution in [0, 0.1) is 38.2 Å². The Morgan fingerprint density at radius 3 is 1.03 bits per heavy atom. The Kier molecular flexibility index (Phi) is 34.2. The molecule has 3 fully saturated rings. The Bertz CT molecular complexity index is 4850. The second-order valence-corrected chi connectivity index (χ2v) is 30.6. The molecule has 3 aliphatic heterocycles. The van der Waals surface area contributed by atoms with Crippen molar-refractivity contribution in [1.82, 2.24) is 30.2 Å². The largest absolute Gasteiger partial charge is 0.457 e. The molecule has 118 heavy (non-hydrogen) atoms. The minimum Gasteiger partial charge on any atom is -0.457 e. The molecule has 12 rings (SSSR count). The number of carbonyl (C=O) groups is 7. The summed E-state index contributed by atoms with van der Waals surface area (Å²) in [5.74, 6) is -0.752. The molecule has 0 bridgehead atoms. The predicted octanol–water partition coefficient (Wildman–Crippen LogP) is 18.1. The van der Waals surface area contributed by atoms with Gasteiger partial charge < -0.3 is 49.2 Å². The molecule has 3 saturated heterocycles. The van der Waals surface area contributed by atoms with Crippen molar-refractivity contribution < 1.29 is 65.7 Å². The summed E-state index contributed by atoms with van der Waals surface area (Å²) in [5.41, 5.74) is 4.46. The lowest BCUT2D eigenvalue weighted by Crippen LogP contribution is -2.58. The molecule has 7 atom stereocenters. The second kappa shape index (κ2) is 43.4. The number of ether oxygens (including phenoxy) is 4. The van der Waals surface area contributed by atoms with E-state index >= 15 is 0 Å². The Balaban J connectivity index is 0.000000220. The molecule has 20 nitrogen and oxygen atoms in total. The van der Waals surface area contributed by atoms with E-state index in [4.69, 9.17) is 53.8 Å². The zero-order valence-electron chi connectivity index (χ0n) is 67.3. The first kappa shape index (κ1) is 93.1. The standard InChI is InChI=1S/C33H37ClFN3O5.C29H31ClFN3O3.C28H29ClFN3O3.2ClH/c1-22-19-27(42-26-9-7-6-8-10-26)15-16-28(22)38(29(39)20-34)30(24-11-13-25(35)14-12-24)31(40)36-17-18-37(23(2)21-36)32(41)43-33(3,4)5;1-19-15-25(37-24-7-5-4-6-8-24)13-14-26(19)34(27(35)16-30)28(22-9-11-23(31)12-10-22)29(36)33-17-20(2)32-21(3)18-33;1-19-16-24(36-23-6-4-3-5-7-23)12-13-25(19)33(26(34)17-29)27(21-8-10-22(30)11-9-21)28(35)32-15-14-31-20(2)18-32;;/h6-16,19,23,30H,17-18,20-21H2,1-5H3;4-15,20-21,28,32H,16-18H2,1-3H3;3-13,16,20,27,31H,14-15,17-18H2,1-2H3;2*1H/t23-,30?;20-,21+,28?;20-,27?;;/m1.0../s1. The highest BCUT2D eigenvalue weighted by Crippen LogP contribution is 2.40. The van der Waals surface area contributed by atoms with Crippen molar-refractivity contribution in [3.63, 3.8) is 0 Å². The van der Waals surface area contributed by atoms with Gasteiger partial charge >= 0.3 is 6.09 Å². The smallest absolute Gasteiger partial charge is 0.410 e. The van der Waals surface area contributed by atoms with E-state index in [0.29, 0.717) is 107 Å². The maximum atomic E-state index is 14.3. The first-order valence-electron chi connectivity index (χ1n) is 38.3.